The van der Waals surface area contributed by atoms with Crippen molar-refractivity contribution in [3.63, 3.8) is 0 Å². The average molecular weight is 279 g/mol. The molecule has 0 spiro atoms. The first kappa shape index (κ1) is 15.5. The lowest BCUT2D eigenvalue weighted by atomic mass is 9.82. The number of aryl methyl sites for hydroxylation is 1. The van der Waals surface area contributed by atoms with E-state index in [0.717, 1.165) is 18.4 Å². The number of benzene rings is 1. The average Bonchev–Trinajstić information content (AvgIpc) is 2.70. The highest BCUT2D eigenvalue weighted by molar-refractivity contribution is 5.28. The zero-order valence-corrected chi connectivity index (χ0v) is 12.8. The number of likely N-dealkylation sites (N-methyl/N-ethyl adjacent to an activating group) is 1. The van der Waals surface area contributed by atoms with Gasteiger partial charge in [0, 0.05) is 7.11 Å². The summed E-state index contributed by atoms with van der Waals surface area (Å²) in [6.07, 6.45) is 6.96. The van der Waals surface area contributed by atoms with Crippen LogP contribution in [-0.4, -0.2) is 19.8 Å². The minimum atomic E-state index is -0.215. The van der Waals surface area contributed by atoms with Crippen LogP contribution in [0.5, 0.6) is 0 Å². The van der Waals surface area contributed by atoms with Crippen molar-refractivity contribution in [1.82, 2.24) is 5.32 Å². The standard InChI is InChI=1S/C17H26FNO/c1-13-8-9-14(12-15(13)18)16(19-2)17(20-3)10-6-4-5-7-11-17/h8-9,12,16,19H,4-7,10-11H2,1-3H3. The fourth-order valence-electron chi connectivity index (χ4n) is 3.46. The van der Waals surface area contributed by atoms with Crippen LogP contribution in [0, 0.1) is 12.7 Å². The number of rotatable bonds is 4. The molecular formula is C17H26FNO. The Morgan fingerprint density at radius 3 is 2.35 bits per heavy atom. The Hall–Kier alpha value is -0.930. The van der Waals surface area contributed by atoms with Gasteiger partial charge >= 0.3 is 0 Å². The van der Waals surface area contributed by atoms with E-state index >= 15 is 0 Å². The van der Waals surface area contributed by atoms with E-state index < -0.39 is 0 Å². The highest BCUT2D eigenvalue weighted by atomic mass is 19.1. The van der Waals surface area contributed by atoms with Crippen molar-refractivity contribution in [2.24, 2.45) is 0 Å². The Morgan fingerprint density at radius 1 is 1.20 bits per heavy atom. The lowest BCUT2D eigenvalue weighted by Gasteiger charge is -2.39. The molecule has 0 heterocycles. The summed E-state index contributed by atoms with van der Waals surface area (Å²) in [7, 11) is 3.73. The normalized spacial score (nSPS) is 20.4. The van der Waals surface area contributed by atoms with Crippen molar-refractivity contribution in [3.05, 3.63) is 35.1 Å². The number of nitrogens with one attached hydrogen (secondary N) is 1. The summed E-state index contributed by atoms with van der Waals surface area (Å²) in [5.74, 6) is -0.136. The Kier molecular flexibility index (Phi) is 5.17. The van der Waals surface area contributed by atoms with E-state index in [0.29, 0.717) is 5.56 Å². The van der Waals surface area contributed by atoms with E-state index in [2.05, 4.69) is 5.32 Å². The molecule has 1 N–H and O–H groups in total. The predicted molar refractivity (Wildman–Crippen MR) is 80.4 cm³/mol. The van der Waals surface area contributed by atoms with Gasteiger partial charge < -0.3 is 10.1 Å². The van der Waals surface area contributed by atoms with Gasteiger partial charge in [-0.05, 0) is 44.0 Å². The molecule has 1 fully saturated rings. The van der Waals surface area contributed by atoms with Crippen molar-refractivity contribution < 1.29 is 9.13 Å². The molecule has 2 nitrogen and oxygen atoms in total. The SMILES string of the molecule is CNC(c1ccc(C)c(F)c1)C1(OC)CCCCCC1. The van der Waals surface area contributed by atoms with Crippen molar-refractivity contribution in [2.75, 3.05) is 14.2 Å². The molecular weight excluding hydrogens is 253 g/mol. The maximum Gasteiger partial charge on any atom is 0.126 e. The lowest BCUT2D eigenvalue weighted by Crippen LogP contribution is -2.44. The molecule has 1 aliphatic carbocycles. The molecule has 0 amide bonds. The molecule has 20 heavy (non-hydrogen) atoms. The van der Waals surface area contributed by atoms with Gasteiger partial charge in [-0.25, -0.2) is 4.39 Å². The molecule has 0 bridgehead atoms. The number of ether oxygens (including phenoxy) is 1. The largest absolute Gasteiger partial charge is 0.376 e. The van der Waals surface area contributed by atoms with Gasteiger partial charge in [-0.3, -0.25) is 0 Å². The highest BCUT2D eigenvalue weighted by Gasteiger charge is 2.39. The first-order chi connectivity index (χ1) is 9.63. The van der Waals surface area contributed by atoms with Gasteiger partial charge in [0.2, 0.25) is 0 Å². The zero-order valence-electron chi connectivity index (χ0n) is 12.8. The minimum absolute atomic E-state index is 0.0423. The number of hydrogen-bond acceptors (Lipinski definition) is 2. The smallest absolute Gasteiger partial charge is 0.126 e. The summed E-state index contributed by atoms with van der Waals surface area (Å²) in [5, 5.41) is 3.36. The predicted octanol–water partition coefficient (Wildman–Crippen LogP) is 4.13. The molecule has 3 heteroatoms. The van der Waals surface area contributed by atoms with Gasteiger partial charge in [-0.2, -0.15) is 0 Å². The molecule has 1 atom stereocenters. The van der Waals surface area contributed by atoms with Crippen LogP contribution in [-0.2, 0) is 4.74 Å². The van der Waals surface area contributed by atoms with Crippen LogP contribution < -0.4 is 5.32 Å². The van der Waals surface area contributed by atoms with Crippen molar-refractivity contribution in [1.29, 1.82) is 0 Å². The van der Waals surface area contributed by atoms with Crippen LogP contribution in [0.25, 0.3) is 0 Å². The lowest BCUT2D eigenvalue weighted by molar-refractivity contribution is -0.0523. The molecule has 1 unspecified atom stereocenters. The van der Waals surface area contributed by atoms with Crippen molar-refractivity contribution in [3.8, 4) is 0 Å². The minimum Gasteiger partial charge on any atom is -0.376 e. The van der Waals surface area contributed by atoms with Gasteiger partial charge in [0.25, 0.3) is 0 Å². The van der Waals surface area contributed by atoms with Crippen molar-refractivity contribution >= 4 is 0 Å². The number of halogens is 1. The van der Waals surface area contributed by atoms with Crippen LogP contribution in [0.4, 0.5) is 4.39 Å². The molecule has 0 aromatic heterocycles. The van der Waals surface area contributed by atoms with E-state index in [4.69, 9.17) is 4.74 Å². The summed E-state index contributed by atoms with van der Waals surface area (Å²) in [6.45, 7) is 1.80. The Labute approximate surface area is 121 Å². The first-order valence-corrected chi connectivity index (χ1v) is 7.61. The van der Waals surface area contributed by atoms with Crippen LogP contribution in [0.3, 0.4) is 0 Å². The Bertz CT molecular complexity index is 439. The van der Waals surface area contributed by atoms with E-state index in [1.54, 1.807) is 20.1 Å². The summed E-state index contributed by atoms with van der Waals surface area (Å²) < 4.78 is 19.8. The maximum absolute atomic E-state index is 13.9. The highest BCUT2D eigenvalue weighted by Crippen LogP contribution is 2.40. The summed E-state index contributed by atoms with van der Waals surface area (Å²) in [4.78, 5) is 0. The fraction of sp³-hybridized carbons (Fsp3) is 0.647. The second kappa shape index (κ2) is 6.68. The summed E-state index contributed by atoms with van der Waals surface area (Å²) >= 11 is 0. The third-order valence-electron chi connectivity index (χ3n) is 4.70. The van der Waals surface area contributed by atoms with Crippen LogP contribution in [0.15, 0.2) is 18.2 Å². The maximum atomic E-state index is 13.9. The molecule has 1 aliphatic rings. The molecule has 0 aliphatic heterocycles. The third kappa shape index (κ3) is 3.04. The van der Waals surface area contributed by atoms with Crippen LogP contribution >= 0.6 is 0 Å². The van der Waals surface area contributed by atoms with Crippen LogP contribution in [0.2, 0.25) is 0 Å². The molecule has 112 valence electrons. The molecule has 1 saturated carbocycles. The summed E-state index contributed by atoms with van der Waals surface area (Å²) in [5.41, 5.74) is 1.46. The Balaban J connectivity index is 2.34. The van der Waals surface area contributed by atoms with Gasteiger partial charge in [-0.1, -0.05) is 37.8 Å². The van der Waals surface area contributed by atoms with Crippen LogP contribution in [0.1, 0.15) is 55.7 Å². The fourth-order valence-corrected chi connectivity index (χ4v) is 3.46. The zero-order chi connectivity index (χ0) is 14.6. The molecule has 0 saturated heterocycles. The van der Waals surface area contributed by atoms with Gasteiger partial charge in [0.15, 0.2) is 0 Å². The second-order valence-electron chi connectivity index (χ2n) is 5.91. The number of methoxy groups -OCH3 is 1. The third-order valence-corrected chi connectivity index (χ3v) is 4.70. The van der Waals surface area contributed by atoms with Gasteiger partial charge in [0.1, 0.15) is 5.82 Å². The second-order valence-corrected chi connectivity index (χ2v) is 5.91. The van der Waals surface area contributed by atoms with E-state index in [1.807, 2.05) is 19.2 Å². The van der Waals surface area contributed by atoms with E-state index in [-0.39, 0.29) is 17.5 Å². The summed E-state index contributed by atoms with van der Waals surface area (Å²) in [6, 6.07) is 5.57. The molecule has 0 radical (unpaired) electrons. The monoisotopic (exact) mass is 279 g/mol. The molecule has 2 rings (SSSR count). The first-order valence-electron chi connectivity index (χ1n) is 7.61. The van der Waals surface area contributed by atoms with Gasteiger partial charge in [0.05, 0.1) is 11.6 Å². The van der Waals surface area contributed by atoms with Crippen molar-refractivity contribution in [2.45, 2.75) is 57.1 Å². The molecule has 1 aromatic rings. The van der Waals surface area contributed by atoms with E-state index in [1.165, 1.54) is 25.7 Å². The number of hydrogen-bond donors (Lipinski definition) is 1. The topological polar surface area (TPSA) is 21.3 Å². The van der Waals surface area contributed by atoms with Gasteiger partial charge in [-0.15, -0.1) is 0 Å². The molecule has 1 aromatic carbocycles. The quantitative estimate of drug-likeness (QED) is 0.837. The Morgan fingerprint density at radius 2 is 1.85 bits per heavy atom. The van der Waals surface area contributed by atoms with E-state index in [9.17, 15) is 4.39 Å².